The Labute approximate surface area is 114 Å². The lowest BCUT2D eigenvalue weighted by atomic mass is 10.1. The molecular formula is C14H24N4O. The molecule has 0 spiro atoms. The summed E-state index contributed by atoms with van der Waals surface area (Å²) in [6, 6.07) is 0. The maximum Gasteiger partial charge on any atom is 0.135 e. The van der Waals surface area contributed by atoms with E-state index in [0.717, 1.165) is 57.7 Å². The molecule has 0 saturated carbocycles. The molecule has 1 aromatic heterocycles. The van der Waals surface area contributed by atoms with Gasteiger partial charge in [-0.05, 0) is 38.8 Å². The van der Waals surface area contributed by atoms with Crippen LogP contribution in [0, 0.1) is 0 Å². The van der Waals surface area contributed by atoms with Gasteiger partial charge in [-0.1, -0.05) is 6.42 Å². The maximum absolute atomic E-state index is 5.96. The molecule has 106 valence electrons. The van der Waals surface area contributed by atoms with E-state index in [1.807, 2.05) is 0 Å². The summed E-state index contributed by atoms with van der Waals surface area (Å²) in [4.78, 5) is 0. The second-order valence-electron chi connectivity index (χ2n) is 5.56. The van der Waals surface area contributed by atoms with Crippen LogP contribution >= 0.6 is 0 Å². The predicted molar refractivity (Wildman–Crippen MR) is 73.1 cm³/mol. The van der Waals surface area contributed by atoms with Gasteiger partial charge in [-0.2, -0.15) is 0 Å². The van der Waals surface area contributed by atoms with Gasteiger partial charge in [0, 0.05) is 19.4 Å². The number of nitrogens with zero attached hydrogens (tertiary/aromatic N) is 3. The van der Waals surface area contributed by atoms with Gasteiger partial charge in [-0.15, -0.1) is 10.2 Å². The summed E-state index contributed by atoms with van der Waals surface area (Å²) in [5.41, 5.74) is 0. The molecule has 1 aromatic rings. The fourth-order valence-electron chi connectivity index (χ4n) is 3.01. The number of hydrogen-bond donors (Lipinski definition) is 1. The van der Waals surface area contributed by atoms with E-state index in [9.17, 15) is 0 Å². The summed E-state index contributed by atoms with van der Waals surface area (Å²) in [6.45, 7) is 4.05. The molecule has 0 bridgehead atoms. The van der Waals surface area contributed by atoms with Crippen molar-refractivity contribution in [1.29, 1.82) is 0 Å². The van der Waals surface area contributed by atoms with Crippen molar-refractivity contribution < 1.29 is 4.74 Å². The first-order valence-electron chi connectivity index (χ1n) is 7.67. The van der Waals surface area contributed by atoms with Crippen molar-refractivity contribution in [3.63, 3.8) is 0 Å². The van der Waals surface area contributed by atoms with Crippen molar-refractivity contribution in [2.75, 3.05) is 19.7 Å². The highest BCUT2D eigenvalue weighted by Crippen LogP contribution is 2.15. The van der Waals surface area contributed by atoms with Gasteiger partial charge in [0.2, 0.25) is 0 Å². The molecule has 0 aliphatic carbocycles. The van der Waals surface area contributed by atoms with Gasteiger partial charge >= 0.3 is 0 Å². The first-order chi connectivity index (χ1) is 9.43. The van der Waals surface area contributed by atoms with E-state index in [-0.39, 0.29) is 0 Å². The Morgan fingerprint density at radius 3 is 2.95 bits per heavy atom. The minimum atomic E-state index is 0.438. The first kappa shape index (κ1) is 13.1. The Balaban J connectivity index is 1.51. The third-order valence-corrected chi connectivity index (χ3v) is 4.15. The van der Waals surface area contributed by atoms with Gasteiger partial charge in [0.25, 0.3) is 0 Å². The van der Waals surface area contributed by atoms with E-state index in [0.29, 0.717) is 6.10 Å². The zero-order chi connectivity index (χ0) is 12.9. The van der Waals surface area contributed by atoms with Crippen molar-refractivity contribution in [3.8, 4) is 0 Å². The van der Waals surface area contributed by atoms with Crippen LogP contribution in [0.5, 0.6) is 0 Å². The van der Waals surface area contributed by atoms with Crippen LogP contribution in [0.2, 0.25) is 0 Å². The van der Waals surface area contributed by atoms with Crippen LogP contribution < -0.4 is 5.32 Å². The van der Waals surface area contributed by atoms with Crippen LogP contribution in [-0.2, 0) is 24.1 Å². The van der Waals surface area contributed by atoms with E-state index in [4.69, 9.17) is 4.74 Å². The Morgan fingerprint density at radius 1 is 1.16 bits per heavy atom. The molecule has 3 rings (SSSR count). The van der Waals surface area contributed by atoms with Crippen molar-refractivity contribution in [2.24, 2.45) is 0 Å². The van der Waals surface area contributed by atoms with Crippen LogP contribution in [0.25, 0.3) is 0 Å². The van der Waals surface area contributed by atoms with E-state index in [2.05, 4.69) is 20.1 Å². The lowest BCUT2D eigenvalue weighted by Crippen LogP contribution is -2.32. The molecule has 1 N–H and O–H groups in total. The lowest BCUT2D eigenvalue weighted by molar-refractivity contribution is 0.0339. The predicted octanol–water partition coefficient (Wildman–Crippen LogP) is 1.32. The molecule has 0 atom stereocenters. The number of aryl methyl sites for hydroxylation is 1. The van der Waals surface area contributed by atoms with Gasteiger partial charge in [0.05, 0.1) is 12.7 Å². The average Bonchev–Trinajstić information content (AvgIpc) is 2.69. The summed E-state index contributed by atoms with van der Waals surface area (Å²) >= 11 is 0. The molecule has 1 fully saturated rings. The second-order valence-corrected chi connectivity index (χ2v) is 5.56. The van der Waals surface area contributed by atoms with Crippen LogP contribution in [0.1, 0.15) is 43.8 Å². The second kappa shape index (κ2) is 6.48. The molecule has 1 saturated heterocycles. The van der Waals surface area contributed by atoms with Gasteiger partial charge in [0.15, 0.2) is 0 Å². The standard InChI is InChI=1S/C14H24N4O/c1-2-4-13-16-17-14(18(13)10-3-1)7-11-19-12-5-8-15-9-6-12/h12,15H,1-11H2. The SMILES string of the molecule is C1CCc2nnc(CCOC3CCNCC3)n2CC1. The van der Waals surface area contributed by atoms with E-state index in [1.165, 1.54) is 25.1 Å². The summed E-state index contributed by atoms with van der Waals surface area (Å²) in [5, 5.41) is 12.0. The fraction of sp³-hybridized carbons (Fsp3) is 0.857. The quantitative estimate of drug-likeness (QED) is 0.891. The highest BCUT2D eigenvalue weighted by Gasteiger charge is 2.16. The fourth-order valence-corrected chi connectivity index (χ4v) is 3.01. The third kappa shape index (κ3) is 3.34. The highest BCUT2D eigenvalue weighted by molar-refractivity contribution is 4.98. The molecule has 0 aromatic carbocycles. The molecule has 19 heavy (non-hydrogen) atoms. The third-order valence-electron chi connectivity index (χ3n) is 4.15. The zero-order valence-corrected chi connectivity index (χ0v) is 11.6. The molecular weight excluding hydrogens is 240 g/mol. The number of nitrogens with one attached hydrogen (secondary N) is 1. The van der Waals surface area contributed by atoms with E-state index in [1.54, 1.807) is 0 Å². The highest BCUT2D eigenvalue weighted by atomic mass is 16.5. The van der Waals surface area contributed by atoms with Crippen LogP contribution in [0.15, 0.2) is 0 Å². The van der Waals surface area contributed by atoms with Crippen molar-refractivity contribution in [2.45, 2.75) is 57.6 Å². The van der Waals surface area contributed by atoms with Crippen molar-refractivity contribution in [1.82, 2.24) is 20.1 Å². The average molecular weight is 264 g/mol. The minimum Gasteiger partial charge on any atom is -0.378 e. The monoisotopic (exact) mass is 264 g/mol. The topological polar surface area (TPSA) is 52.0 Å². The Bertz CT molecular complexity index is 398. The van der Waals surface area contributed by atoms with Crippen LogP contribution in [-0.4, -0.2) is 40.6 Å². The van der Waals surface area contributed by atoms with Crippen molar-refractivity contribution >= 4 is 0 Å². The number of ether oxygens (including phenoxy) is 1. The largest absolute Gasteiger partial charge is 0.378 e. The summed E-state index contributed by atoms with van der Waals surface area (Å²) in [7, 11) is 0. The minimum absolute atomic E-state index is 0.438. The molecule has 0 amide bonds. The number of fused-ring (bicyclic) bond motifs is 1. The van der Waals surface area contributed by atoms with Gasteiger partial charge < -0.3 is 14.6 Å². The normalized spacial score (nSPS) is 21.1. The lowest BCUT2D eigenvalue weighted by Gasteiger charge is -2.22. The van der Waals surface area contributed by atoms with E-state index < -0.39 is 0 Å². The number of rotatable bonds is 4. The smallest absolute Gasteiger partial charge is 0.135 e. The summed E-state index contributed by atoms with van der Waals surface area (Å²) < 4.78 is 8.28. The summed E-state index contributed by atoms with van der Waals surface area (Å²) in [6.07, 6.45) is 8.52. The Kier molecular flexibility index (Phi) is 4.45. The van der Waals surface area contributed by atoms with E-state index >= 15 is 0 Å². The molecule has 0 unspecified atom stereocenters. The van der Waals surface area contributed by atoms with Crippen LogP contribution in [0.3, 0.4) is 0 Å². The molecule has 2 aliphatic heterocycles. The number of piperidine rings is 1. The number of hydrogen-bond acceptors (Lipinski definition) is 4. The van der Waals surface area contributed by atoms with Crippen molar-refractivity contribution in [3.05, 3.63) is 11.6 Å². The maximum atomic E-state index is 5.96. The molecule has 5 heteroatoms. The Hall–Kier alpha value is -0.940. The molecule has 5 nitrogen and oxygen atoms in total. The van der Waals surface area contributed by atoms with Gasteiger partial charge in [-0.3, -0.25) is 0 Å². The van der Waals surface area contributed by atoms with Gasteiger partial charge in [-0.25, -0.2) is 0 Å². The van der Waals surface area contributed by atoms with Crippen LogP contribution in [0.4, 0.5) is 0 Å². The Morgan fingerprint density at radius 2 is 2.05 bits per heavy atom. The molecule has 3 heterocycles. The molecule has 0 radical (unpaired) electrons. The number of aromatic nitrogens is 3. The molecule has 2 aliphatic rings. The van der Waals surface area contributed by atoms with Gasteiger partial charge in [0.1, 0.15) is 11.6 Å². The summed E-state index contributed by atoms with van der Waals surface area (Å²) in [5.74, 6) is 2.29. The zero-order valence-electron chi connectivity index (χ0n) is 11.6. The first-order valence-corrected chi connectivity index (χ1v) is 7.67.